The molecule has 1 aromatic carbocycles. The Hall–Kier alpha value is -2.37. The minimum absolute atomic E-state index is 0.170. The van der Waals surface area contributed by atoms with Gasteiger partial charge in [-0.15, -0.1) is 0 Å². The van der Waals surface area contributed by atoms with Crippen LogP contribution in [0.1, 0.15) is 52.0 Å². The minimum atomic E-state index is -0.409. The highest BCUT2D eigenvalue weighted by Gasteiger charge is 2.27. The molecule has 0 radical (unpaired) electrons. The number of carbonyl (C=O) groups is 1. The summed E-state index contributed by atoms with van der Waals surface area (Å²) >= 11 is 0. The summed E-state index contributed by atoms with van der Waals surface area (Å²) in [5.41, 5.74) is 0.651. The molecule has 1 heterocycles. The smallest absolute Gasteiger partial charge is 0.274 e. The summed E-state index contributed by atoms with van der Waals surface area (Å²) in [5, 5.41) is 10.0. The molecule has 1 amide bonds. The summed E-state index contributed by atoms with van der Waals surface area (Å²) < 4.78 is 18.6. The lowest BCUT2D eigenvalue weighted by molar-refractivity contribution is 0.0911. The monoisotopic (exact) mass is 333 g/mol. The van der Waals surface area contributed by atoms with Crippen molar-refractivity contribution in [1.82, 2.24) is 10.5 Å². The number of hydrogen-bond donors (Lipinski definition) is 2. The lowest BCUT2D eigenvalue weighted by Gasteiger charge is -2.21. The fourth-order valence-corrected chi connectivity index (χ4v) is 2.16. The van der Waals surface area contributed by atoms with E-state index in [1.807, 2.05) is 41.5 Å². The summed E-state index contributed by atoms with van der Waals surface area (Å²) in [6.45, 7) is 11.6. The van der Waals surface area contributed by atoms with Gasteiger partial charge in [-0.05, 0) is 59.2 Å². The van der Waals surface area contributed by atoms with E-state index in [-0.39, 0.29) is 23.0 Å². The Morgan fingerprint density at radius 3 is 2.12 bits per heavy atom. The van der Waals surface area contributed by atoms with Gasteiger partial charge < -0.3 is 15.2 Å². The van der Waals surface area contributed by atoms with Crippen molar-refractivity contribution in [2.24, 2.45) is 0 Å². The average molecular weight is 333 g/mol. The molecule has 0 spiro atoms. The van der Waals surface area contributed by atoms with Crippen LogP contribution < -0.4 is 10.6 Å². The number of rotatable bonds is 3. The van der Waals surface area contributed by atoms with E-state index in [0.717, 1.165) is 0 Å². The third-order valence-electron chi connectivity index (χ3n) is 3.02. The van der Waals surface area contributed by atoms with Crippen LogP contribution in [0.4, 0.5) is 10.3 Å². The van der Waals surface area contributed by atoms with E-state index in [1.54, 1.807) is 12.1 Å². The minimum Gasteiger partial charge on any atom is -0.349 e. The fourth-order valence-electron chi connectivity index (χ4n) is 2.16. The quantitative estimate of drug-likeness (QED) is 0.882. The van der Waals surface area contributed by atoms with Crippen LogP contribution in [-0.4, -0.2) is 22.1 Å². The van der Waals surface area contributed by atoms with Gasteiger partial charge in [0.15, 0.2) is 5.69 Å². The van der Waals surface area contributed by atoms with Gasteiger partial charge in [-0.2, -0.15) is 0 Å². The maximum absolute atomic E-state index is 13.2. The van der Waals surface area contributed by atoms with Gasteiger partial charge in [0.05, 0.1) is 5.56 Å². The number of carbonyl (C=O) groups excluding carboxylic acids is 1. The molecule has 0 fully saturated rings. The second kappa shape index (κ2) is 6.26. The van der Waals surface area contributed by atoms with Crippen LogP contribution in [0.15, 0.2) is 28.8 Å². The molecule has 0 aliphatic carbocycles. The molecule has 24 heavy (non-hydrogen) atoms. The topological polar surface area (TPSA) is 67.2 Å². The Labute approximate surface area is 141 Å². The van der Waals surface area contributed by atoms with Gasteiger partial charge in [0.1, 0.15) is 5.82 Å². The molecule has 0 atom stereocenters. The first-order valence-corrected chi connectivity index (χ1v) is 7.82. The van der Waals surface area contributed by atoms with Crippen molar-refractivity contribution in [2.75, 3.05) is 5.32 Å². The van der Waals surface area contributed by atoms with E-state index < -0.39 is 5.54 Å². The van der Waals surface area contributed by atoms with Crippen molar-refractivity contribution in [3.05, 3.63) is 35.8 Å². The van der Waals surface area contributed by atoms with Gasteiger partial charge in [-0.1, -0.05) is 17.3 Å². The van der Waals surface area contributed by atoms with E-state index in [0.29, 0.717) is 17.0 Å². The van der Waals surface area contributed by atoms with Crippen molar-refractivity contribution in [3.63, 3.8) is 0 Å². The zero-order valence-corrected chi connectivity index (χ0v) is 15.0. The lowest BCUT2D eigenvalue weighted by Crippen LogP contribution is -2.40. The van der Waals surface area contributed by atoms with Gasteiger partial charge in [0, 0.05) is 11.1 Å². The van der Waals surface area contributed by atoms with Crippen LogP contribution in [0.2, 0.25) is 0 Å². The molecule has 2 aromatic rings. The summed E-state index contributed by atoms with van der Waals surface area (Å²) in [5.74, 6) is -0.304. The van der Waals surface area contributed by atoms with Gasteiger partial charge in [-0.3, -0.25) is 4.79 Å². The second-order valence-electron chi connectivity index (χ2n) is 7.82. The van der Waals surface area contributed by atoms with Crippen molar-refractivity contribution in [1.29, 1.82) is 0 Å². The van der Waals surface area contributed by atoms with E-state index in [9.17, 15) is 9.18 Å². The Kier molecular flexibility index (Phi) is 4.69. The van der Waals surface area contributed by atoms with Crippen LogP contribution in [0.5, 0.6) is 0 Å². The van der Waals surface area contributed by atoms with Gasteiger partial charge in [0.25, 0.3) is 5.91 Å². The molecule has 130 valence electrons. The van der Waals surface area contributed by atoms with E-state index in [1.165, 1.54) is 12.1 Å². The first-order valence-electron chi connectivity index (χ1n) is 7.82. The third-order valence-corrected chi connectivity index (χ3v) is 3.02. The van der Waals surface area contributed by atoms with Crippen molar-refractivity contribution < 1.29 is 13.7 Å². The van der Waals surface area contributed by atoms with Crippen LogP contribution in [0.3, 0.4) is 0 Å². The standard InChI is InChI=1S/C18H24FN3O2/c1-17(2,3)20-15(23)14-13(11-7-9-12(19)10-8-11)16(24-22-14)21-18(4,5)6/h7-10,21H,1-6H3,(H,20,23). The molecule has 2 rings (SSSR count). The van der Waals surface area contributed by atoms with Gasteiger partial charge in [-0.25, -0.2) is 4.39 Å². The Balaban J connectivity index is 2.51. The zero-order chi connectivity index (χ0) is 18.1. The molecule has 0 aliphatic heterocycles. The maximum atomic E-state index is 13.2. The molecule has 2 N–H and O–H groups in total. The lowest BCUT2D eigenvalue weighted by atomic mass is 10.0. The highest BCUT2D eigenvalue weighted by atomic mass is 19.1. The number of anilines is 1. The number of nitrogens with one attached hydrogen (secondary N) is 2. The first-order chi connectivity index (χ1) is 11.0. The predicted octanol–water partition coefficient (Wildman–Crippen LogP) is 4.22. The molecular weight excluding hydrogens is 309 g/mol. The molecule has 6 heteroatoms. The Morgan fingerprint density at radius 1 is 1.04 bits per heavy atom. The average Bonchev–Trinajstić information content (AvgIpc) is 2.79. The van der Waals surface area contributed by atoms with Gasteiger partial charge in [0.2, 0.25) is 5.88 Å². The Morgan fingerprint density at radius 2 is 1.62 bits per heavy atom. The van der Waals surface area contributed by atoms with Crippen molar-refractivity contribution in [3.8, 4) is 11.1 Å². The Bertz CT molecular complexity index is 722. The van der Waals surface area contributed by atoms with E-state index >= 15 is 0 Å². The number of hydrogen-bond acceptors (Lipinski definition) is 4. The van der Waals surface area contributed by atoms with Crippen molar-refractivity contribution >= 4 is 11.8 Å². The molecule has 0 aliphatic rings. The van der Waals surface area contributed by atoms with Crippen LogP contribution in [0, 0.1) is 5.82 Å². The summed E-state index contributed by atoms with van der Waals surface area (Å²) in [4.78, 5) is 12.6. The highest BCUT2D eigenvalue weighted by Crippen LogP contribution is 2.33. The number of nitrogens with zero attached hydrogens (tertiary/aromatic N) is 1. The first kappa shape index (κ1) is 18.0. The zero-order valence-electron chi connectivity index (χ0n) is 15.0. The molecule has 0 saturated heterocycles. The largest absolute Gasteiger partial charge is 0.349 e. The number of benzene rings is 1. The maximum Gasteiger partial charge on any atom is 0.274 e. The summed E-state index contributed by atoms with van der Waals surface area (Å²) in [6, 6.07) is 5.89. The molecular formula is C18H24FN3O2. The molecule has 1 aromatic heterocycles. The SMILES string of the molecule is CC(C)(C)NC(=O)c1noc(NC(C)(C)C)c1-c1ccc(F)cc1. The third kappa shape index (κ3) is 4.57. The van der Waals surface area contributed by atoms with E-state index in [2.05, 4.69) is 15.8 Å². The number of amides is 1. The van der Waals surface area contributed by atoms with Crippen molar-refractivity contribution in [2.45, 2.75) is 52.6 Å². The fraction of sp³-hybridized carbons (Fsp3) is 0.444. The second-order valence-corrected chi connectivity index (χ2v) is 7.82. The van der Waals surface area contributed by atoms with E-state index in [4.69, 9.17) is 4.52 Å². The normalized spacial score (nSPS) is 12.1. The number of halogens is 1. The molecule has 5 nitrogen and oxygen atoms in total. The summed E-state index contributed by atoms with van der Waals surface area (Å²) in [7, 11) is 0. The molecule has 0 bridgehead atoms. The van der Waals surface area contributed by atoms with Crippen LogP contribution in [-0.2, 0) is 0 Å². The molecule has 0 unspecified atom stereocenters. The van der Waals surface area contributed by atoms with Crippen LogP contribution >= 0.6 is 0 Å². The van der Waals surface area contributed by atoms with Crippen LogP contribution in [0.25, 0.3) is 11.1 Å². The summed E-state index contributed by atoms with van der Waals surface area (Å²) in [6.07, 6.45) is 0. The predicted molar refractivity (Wildman–Crippen MR) is 92.5 cm³/mol. The molecule has 0 saturated carbocycles. The number of aromatic nitrogens is 1. The highest BCUT2D eigenvalue weighted by molar-refractivity contribution is 6.01. The van der Waals surface area contributed by atoms with Gasteiger partial charge >= 0.3 is 0 Å².